The molecule has 7 heteroatoms. The molecule has 0 spiro atoms. The molecule has 0 aliphatic rings. The first kappa shape index (κ1) is 18.1. The number of anilines is 1. The molecule has 0 radical (unpaired) electrons. The zero-order valence-corrected chi connectivity index (χ0v) is 14.1. The molecule has 24 heavy (non-hydrogen) atoms. The number of rotatable bonds is 9. The van der Waals surface area contributed by atoms with Gasteiger partial charge in [-0.2, -0.15) is 0 Å². The number of nitrogens with zero attached hydrogens (tertiary/aromatic N) is 1. The molecule has 0 aliphatic heterocycles. The molecule has 0 fully saturated rings. The standard InChI is InChI=1S/C17H21N3O3S/c21-15(10-6-2-5-9-13-7-3-1-4-8-13)19-17-18-14(12-24-17)11-16(22)20-23/h1,3-4,7-8,12,23H,2,5-6,9-11H2,(H,20,22)(H,18,19,21). The Kier molecular flexibility index (Phi) is 7.38. The Morgan fingerprint density at radius 1 is 1.08 bits per heavy atom. The fourth-order valence-corrected chi connectivity index (χ4v) is 2.99. The van der Waals surface area contributed by atoms with E-state index in [0.29, 0.717) is 17.2 Å². The van der Waals surface area contributed by atoms with Gasteiger partial charge in [-0.3, -0.25) is 14.8 Å². The quantitative estimate of drug-likeness (QED) is 0.369. The lowest BCUT2D eigenvalue weighted by Crippen LogP contribution is -2.20. The molecule has 0 aliphatic carbocycles. The summed E-state index contributed by atoms with van der Waals surface area (Å²) in [7, 11) is 0. The van der Waals surface area contributed by atoms with Gasteiger partial charge in [0.05, 0.1) is 12.1 Å². The molecule has 0 bridgehead atoms. The zero-order chi connectivity index (χ0) is 17.2. The maximum atomic E-state index is 11.9. The molecule has 2 rings (SSSR count). The summed E-state index contributed by atoms with van der Waals surface area (Å²) in [5.74, 6) is -0.598. The van der Waals surface area contributed by atoms with Gasteiger partial charge in [-0.05, 0) is 24.8 Å². The van der Waals surface area contributed by atoms with Crippen LogP contribution >= 0.6 is 11.3 Å². The summed E-state index contributed by atoms with van der Waals surface area (Å²) in [6, 6.07) is 10.3. The number of hydroxylamine groups is 1. The number of hydrogen-bond acceptors (Lipinski definition) is 5. The first-order valence-corrected chi connectivity index (χ1v) is 8.76. The van der Waals surface area contributed by atoms with Gasteiger partial charge in [-0.15, -0.1) is 11.3 Å². The fraction of sp³-hybridized carbons (Fsp3) is 0.353. The van der Waals surface area contributed by atoms with Crippen molar-refractivity contribution in [2.45, 2.75) is 38.5 Å². The van der Waals surface area contributed by atoms with Crippen molar-refractivity contribution in [1.29, 1.82) is 0 Å². The number of carbonyl (C=O) groups excluding carboxylic acids is 2. The molecular formula is C17H21N3O3S. The van der Waals surface area contributed by atoms with Gasteiger partial charge in [0, 0.05) is 11.8 Å². The number of thiazole rings is 1. The third-order valence-electron chi connectivity index (χ3n) is 3.48. The van der Waals surface area contributed by atoms with Crippen LogP contribution in [0.2, 0.25) is 0 Å². The minimum Gasteiger partial charge on any atom is -0.302 e. The Hall–Kier alpha value is -2.25. The number of benzene rings is 1. The first-order valence-electron chi connectivity index (χ1n) is 7.88. The number of nitrogens with one attached hydrogen (secondary N) is 2. The van der Waals surface area contributed by atoms with Crippen molar-refractivity contribution < 1.29 is 14.8 Å². The van der Waals surface area contributed by atoms with E-state index in [-0.39, 0.29) is 12.3 Å². The van der Waals surface area contributed by atoms with Crippen molar-refractivity contribution in [3.8, 4) is 0 Å². The van der Waals surface area contributed by atoms with Gasteiger partial charge in [0.15, 0.2) is 5.13 Å². The van der Waals surface area contributed by atoms with Gasteiger partial charge >= 0.3 is 0 Å². The SMILES string of the molecule is O=C(Cc1csc(NC(=O)CCCCCc2ccccc2)n1)NO. The van der Waals surface area contributed by atoms with Gasteiger partial charge in [0.25, 0.3) is 0 Å². The monoisotopic (exact) mass is 347 g/mol. The van der Waals surface area contributed by atoms with Crippen LogP contribution in [0.25, 0.3) is 0 Å². The molecule has 2 aromatic rings. The predicted molar refractivity (Wildman–Crippen MR) is 93.0 cm³/mol. The molecule has 1 aromatic carbocycles. The summed E-state index contributed by atoms with van der Waals surface area (Å²) in [4.78, 5) is 27.0. The summed E-state index contributed by atoms with van der Waals surface area (Å²) >= 11 is 1.27. The number of aryl methyl sites for hydroxylation is 1. The summed E-state index contributed by atoms with van der Waals surface area (Å²) in [6.45, 7) is 0. The Morgan fingerprint density at radius 3 is 2.62 bits per heavy atom. The van der Waals surface area contributed by atoms with Crippen LogP contribution in [0.15, 0.2) is 35.7 Å². The van der Waals surface area contributed by atoms with E-state index in [4.69, 9.17) is 5.21 Å². The Morgan fingerprint density at radius 2 is 1.88 bits per heavy atom. The maximum Gasteiger partial charge on any atom is 0.249 e. The van der Waals surface area contributed by atoms with Crippen LogP contribution in [-0.2, 0) is 22.4 Å². The number of carbonyl (C=O) groups is 2. The minimum atomic E-state index is -0.531. The minimum absolute atomic E-state index is 0.0116. The van der Waals surface area contributed by atoms with Gasteiger partial charge in [0.2, 0.25) is 11.8 Å². The predicted octanol–water partition coefficient (Wildman–Crippen LogP) is 2.93. The van der Waals surface area contributed by atoms with Crippen molar-refractivity contribution in [1.82, 2.24) is 10.5 Å². The average Bonchev–Trinajstić information content (AvgIpc) is 3.02. The van der Waals surface area contributed by atoms with Gasteiger partial charge in [-0.1, -0.05) is 36.8 Å². The highest BCUT2D eigenvalue weighted by Crippen LogP contribution is 2.16. The van der Waals surface area contributed by atoms with Crippen LogP contribution in [0.4, 0.5) is 5.13 Å². The van der Waals surface area contributed by atoms with Gasteiger partial charge < -0.3 is 5.32 Å². The van der Waals surface area contributed by atoms with Crippen LogP contribution < -0.4 is 10.8 Å². The lowest BCUT2D eigenvalue weighted by atomic mass is 10.1. The molecule has 0 saturated heterocycles. The molecule has 2 amide bonds. The van der Waals surface area contributed by atoms with Crippen molar-refractivity contribution in [3.05, 3.63) is 47.0 Å². The van der Waals surface area contributed by atoms with Gasteiger partial charge in [-0.25, -0.2) is 10.5 Å². The second-order valence-electron chi connectivity index (χ2n) is 5.45. The average molecular weight is 347 g/mol. The topological polar surface area (TPSA) is 91.3 Å². The van der Waals surface area contributed by atoms with Crippen LogP contribution in [0.3, 0.4) is 0 Å². The molecule has 6 nitrogen and oxygen atoms in total. The second-order valence-corrected chi connectivity index (χ2v) is 6.31. The van der Waals surface area contributed by atoms with E-state index < -0.39 is 5.91 Å². The summed E-state index contributed by atoms with van der Waals surface area (Å²) < 4.78 is 0. The number of amides is 2. The van der Waals surface area contributed by atoms with E-state index in [1.54, 1.807) is 10.9 Å². The molecule has 0 atom stereocenters. The van der Waals surface area contributed by atoms with Crippen molar-refractivity contribution in [3.63, 3.8) is 0 Å². The highest BCUT2D eigenvalue weighted by Gasteiger charge is 2.09. The highest BCUT2D eigenvalue weighted by atomic mass is 32.1. The van der Waals surface area contributed by atoms with Crippen LogP contribution in [0, 0.1) is 0 Å². The van der Waals surface area contributed by atoms with Crippen molar-refractivity contribution >= 4 is 28.3 Å². The number of hydrogen-bond donors (Lipinski definition) is 3. The maximum absolute atomic E-state index is 11.9. The van der Waals surface area contributed by atoms with E-state index in [1.165, 1.54) is 16.9 Å². The summed E-state index contributed by atoms with van der Waals surface area (Å²) in [5.41, 5.74) is 3.40. The van der Waals surface area contributed by atoms with Crippen LogP contribution in [0.1, 0.15) is 36.9 Å². The largest absolute Gasteiger partial charge is 0.302 e. The summed E-state index contributed by atoms with van der Waals surface area (Å²) in [6.07, 6.45) is 4.38. The molecular weight excluding hydrogens is 326 g/mol. The fourth-order valence-electron chi connectivity index (χ4n) is 2.27. The molecule has 1 heterocycles. The smallest absolute Gasteiger partial charge is 0.249 e. The van der Waals surface area contributed by atoms with Crippen LogP contribution in [0.5, 0.6) is 0 Å². The van der Waals surface area contributed by atoms with Crippen molar-refractivity contribution in [2.75, 3.05) is 5.32 Å². The van der Waals surface area contributed by atoms with E-state index in [1.807, 2.05) is 18.2 Å². The first-order chi connectivity index (χ1) is 11.7. The Bertz CT molecular complexity index is 658. The highest BCUT2D eigenvalue weighted by molar-refractivity contribution is 7.13. The second kappa shape index (κ2) is 9.79. The lowest BCUT2D eigenvalue weighted by molar-refractivity contribution is -0.128. The summed E-state index contributed by atoms with van der Waals surface area (Å²) in [5, 5.41) is 13.4. The van der Waals surface area contributed by atoms with E-state index >= 15 is 0 Å². The lowest BCUT2D eigenvalue weighted by Gasteiger charge is -2.03. The Labute approximate surface area is 144 Å². The number of aromatic nitrogens is 1. The molecule has 0 unspecified atom stereocenters. The van der Waals surface area contributed by atoms with E-state index in [9.17, 15) is 9.59 Å². The number of unbranched alkanes of at least 4 members (excludes halogenated alkanes) is 2. The third-order valence-corrected chi connectivity index (χ3v) is 4.28. The molecule has 1 aromatic heterocycles. The molecule has 0 saturated carbocycles. The van der Waals surface area contributed by atoms with E-state index in [0.717, 1.165) is 25.7 Å². The van der Waals surface area contributed by atoms with Crippen molar-refractivity contribution in [2.24, 2.45) is 0 Å². The molecule has 3 N–H and O–H groups in total. The van der Waals surface area contributed by atoms with Crippen LogP contribution in [-0.4, -0.2) is 22.0 Å². The van der Waals surface area contributed by atoms with Gasteiger partial charge in [0.1, 0.15) is 0 Å². The molecule has 128 valence electrons. The zero-order valence-electron chi connectivity index (χ0n) is 13.3. The Balaban J connectivity index is 1.62. The van der Waals surface area contributed by atoms with E-state index in [2.05, 4.69) is 22.4 Å². The normalized spacial score (nSPS) is 10.4. The third kappa shape index (κ3) is 6.47.